The molecule has 0 amide bonds. The molecule has 0 saturated carbocycles. The lowest BCUT2D eigenvalue weighted by atomic mass is 10.1. The summed E-state index contributed by atoms with van der Waals surface area (Å²) in [6.45, 7) is 5.06. The molecule has 0 aliphatic carbocycles. The summed E-state index contributed by atoms with van der Waals surface area (Å²) in [5, 5.41) is 4.44. The van der Waals surface area contributed by atoms with Crippen LogP contribution in [0.5, 0.6) is 5.75 Å². The van der Waals surface area contributed by atoms with E-state index in [9.17, 15) is 4.79 Å². The Kier molecular flexibility index (Phi) is 6.77. The Bertz CT molecular complexity index is 1240. The Morgan fingerprint density at radius 1 is 1.00 bits per heavy atom. The second kappa shape index (κ2) is 9.88. The predicted molar refractivity (Wildman–Crippen MR) is 127 cm³/mol. The van der Waals surface area contributed by atoms with Gasteiger partial charge in [0.05, 0.1) is 11.1 Å². The molecule has 160 valence electrons. The Balaban J connectivity index is 1.50. The van der Waals surface area contributed by atoms with E-state index in [2.05, 4.69) is 36.1 Å². The summed E-state index contributed by atoms with van der Waals surface area (Å²) < 4.78 is 7.83. The fraction of sp³-hybridized carbons (Fsp3) is 0.320. The van der Waals surface area contributed by atoms with Crippen LogP contribution in [0, 0.1) is 0 Å². The fourth-order valence-electron chi connectivity index (χ4n) is 3.38. The van der Waals surface area contributed by atoms with E-state index < -0.39 is 0 Å². The highest BCUT2D eigenvalue weighted by atomic mass is 32.1. The van der Waals surface area contributed by atoms with Crippen LogP contribution in [0.3, 0.4) is 0 Å². The minimum atomic E-state index is -0.134. The monoisotopic (exact) mass is 433 g/mol. The van der Waals surface area contributed by atoms with Gasteiger partial charge in [-0.05, 0) is 54.3 Å². The number of benzene rings is 2. The number of hydrogen-bond acceptors (Lipinski definition) is 5. The quantitative estimate of drug-likeness (QED) is 0.353. The summed E-state index contributed by atoms with van der Waals surface area (Å²) >= 11 is 1.36. The maximum Gasteiger partial charge on any atom is 0.291 e. The summed E-state index contributed by atoms with van der Waals surface area (Å²) in [7, 11) is 0. The molecule has 4 aromatic rings. The van der Waals surface area contributed by atoms with Crippen molar-refractivity contribution in [2.45, 2.75) is 46.0 Å². The molecule has 0 bridgehead atoms. The molecular weight excluding hydrogens is 406 g/mol. The number of rotatable bonds is 9. The normalized spacial score (nSPS) is 12.0. The van der Waals surface area contributed by atoms with Crippen molar-refractivity contribution in [2.75, 3.05) is 6.61 Å². The minimum absolute atomic E-state index is 0.134. The average molecular weight is 434 g/mol. The van der Waals surface area contributed by atoms with Crippen LogP contribution >= 0.6 is 11.3 Å². The van der Waals surface area contributed by atoms with Crippen LogP contribution in [0.4, 0.5) is 0 Å². The van der Waals surface area contributed by atoms with E-state index in [1.54, 1.807) is 0 Å². The van der Waals surface area contributed by atoms with E-state index in [0.717, 1.165) is 36.3 Å². The largest absolute Gasteiger partial charge is 0.494 e. The molecule has 2 heterocycles. The van der Waals surface area contributed by atoms with Gasteiger partial charge in [-0.25, -0.2) is 0 Å². The Morgan fingerprint density at radius 2 is 1.77 bits per heavy atom. The second-order valence-corrected chi connectivity index (χ2v) is 8.58. The molecule has 0 aliphatic rings. The SMILES string of the molecule is CCCCCCOc1ccc(-c2nc3sc(=Cc4ccc(CC)cc4)c(=O)n3n2)cc1. The van der Waals surface area contributed by atoms with Crippen LogP contribution in [-0.4, -0.2) is 21.2 Å². The van der Waals surface area contributed by atoms with E-state index in [-0.39, 0.29) is 5.56 Å². The van der Waals surface area contributed by atoms with Crippen molar-refractivity contribution in [1.82, 2.24) is 14.6 Å². The van der Waals surface area contributed by atoms with Crippen molar-refractivity contribution in [3.63, 3.8) is 0 Å². The lowest BCUT2D eigenvalue weighted by molar-refractivity contribution is 0.305. The summed E-state index contributed by atoms with van der Waals surface area (Å²) in [6.07, 6.45) is 7.64. The van der Waals surface area contributed by atoms with E-state index >= 15 is 0 Å². The summed E-state index contributed by atoms with van der Waals surface area (Å²) in [6, 6.07) is 16.0. The van der Waals surface area contributed by atoms with Crippen molar-refractivity contribution in [1.29, 1.82) is 0 Å². The zero-order valence-electron chi connectivity index (χ0n) is 18.0. The van der Waals surface area contributed by atoms with Crippen molar-refractivity contribution < 1.29 is 4.74 Å². The first-order valence-corrected chi connectivity index (χ1v) is 11.7. The molecule has 6 heteroatoms. The first kappa shape index (κ1) is 21.2. The molecule has 2 aromatic carbocycles. The second-order valence-electron chi connectivity index (χ2n) is 7.57. The Morgan fingerprint density at radius 3 is 2.45 bits per heavy atom. The third-order valence-electron chi connectivity index (χ3n) is 5.25. The number of nitrogens with zero attached hydrogens (tertiary/aromatic N) is 3. The van der Waals surface area contributed by atoms with Gasteiger partial charge in [-0.15, -0.1) is 5.10 Å². The molecule has 0 saturated heterocycles. The van der Waals surface area contributed by atoms with Gasteiger partial charge in [0.1, 0.15) is 5.75 Å². The zero-order chi connectivity index (χ0) is 21.6. The van der Waals surface area contributed by atoms with E-state index in [4.69, 9.17) is 4.74 Å². The number of aryl methyl sites for hydroxylation is 1. The Labute approximate surface area is 186 Å². The molecule has 2 aromatic heterocycles. The van der Waals surface area contributed by atoms with Crippen molar-refractivity contribution >= 4 is 22.4 Å². The van der Waals surface area contributed by atoms with Crippen LogP contribution in [0.2, 0.25) is 0 Å². The predicted octanol–water partition coefficient (Wildman–Crippen LogP) is 4.89. The molecule has 0 aliphatic heterocycles. The van der Waals surface area contributed by atoms with E-state index in [1.165, 1.54) is 40.7 Å². The number of ether oxygens (including phenoxy) is 1. The van der Waals surface area contributed by atoms with Crippen molar-refractivity contribution in [3.05, 3.63) is 74.5 Å². The topological polar surface area (TPSA) is 56.5 Å². The van der Waals surface area contributed by atoms with Gasteiger partial charge < -0.3 is 4.74 Å². The highest BCUT2D eigenvalue weighted by Gasteiger charge is 2.12. The van der Waals surface area contributed by atoms with Gasteiger partial charge in [-0.2, -0.15) is 9.50 Å². The number of aromatic nitrogens is 3. The van der Waals surface area contributed by atoms with Gasteiger partial charge in [0.25, 0.3) is 5.56 Å². The first-order chi connectivity index (χ1) is 15.2. The van der Waals surface area contributed by atoms with E-state index in [0.29, 0.717) is 15.3 Å². The molecular formula is C25H27N3O2S. The number of hydrogen-bond donors (Lipinski definition) is 0. The minimum Gasteiger partial charge on any atom is -0.494 e. The maximum atomic E-state index is 12.8. The highest BCUT2D eigenvalue weighted by Crippen LogP contribution is 2.21. The van der Waals surface area contributed by atoms with Crippen LogP contribution in [0.25, 0.3) is 22.4 Å². The van der Waals surface area contributed by atoms with Crippen LogP contribution in [-0.2, 0) is 6.42 Å². The standard InChI is InChI=1S/C25H27N3O2S/c1-3-5-6-7-16-30-21-14-12-20(13-15-21)23-26-25-28(27-23)24(29)22(31-25)17-19-10-8-18(4-2)9-11-19/h8-15,17H,3-7,16H2,1-2H3. The van der Waals surface area contributed by atoms with Gasteiger partial charge in [0, 0.05) is 5.56 Å². The maximum absolute atomic E-state index is 12.8. The number of fused-ring (bicyclic) bond motifs is 1. The van der Waals surface area contributed by atoms with E-state index in [1.807, 2.05) is 42.5 Å². The van der Waals surface area contributed by atoms with Crippen molar-refractivity contribution in [2.24, 2.45) is 0 Å². The summed E-state index contributed by atoms with van der Waals surface area (Å²) in [4.78, 5) is 17.9. The molecule has 0 unspecified atom stereocenters. The number of thiazole rings is 1. The van der Waals surface area contributed by atoms with Gasteiger partial charge in [-0.3, -0.25) is 4.79 Å². The van der Waals surface area contributed by atoms with Crippen molar-refractivity contribution in [3.8, 4) is 17.1 Å². The lowest BCUT2D eigenvalue weighted by Crippen LogP contribution is -2.23. The average Bonchev–Trinajstić information content (AvgIpc) is 3.34. The number of unbranched alkanes of at least 4 members (excludes halogenated alkanes) is 3. The smallest absolute Gasteiger partial charge is 0.291 e. The van der Waals surface area contributed by atoms with Crippen LogP contribution in [0.1, 0.15) is 50.7 Å². The highest BCUT2D eigenvalue weighted by molar-refractivity contribution is 7.15. The molecule has 0 N–H and O–H groups in total. The van der Waals surface area contributed by atoms with Gasteiger partial charge >= 0.3 is 0 Å². The molecule has 5 nitrogen and oxygen atoms in total. The zero-order valence-corrected chi connectivity index (χ0v) is 18.8. The summed E-state index contributed by atoms with van der Waals surface area (Å²) in [5.74, 6) is 1.40. The molecule has 31 heavy (non-hydrogen) atoms. The van der Waals surface area contributed by atoms with Crippen LogP contribution < -0.4 is 14.8 Å². The molecule has 0 atom stereocenters. The molecule has 0 radical (unpaired) electrons. The lowest BCUT2D eigenvalue weighted by Gasteiger charge is -2.06. The Hall–Kier alpha value is -2.99. The first-order valence-electron chi connectivity index (χ1n) is 10.9. The van der Waals surface area contributed by atoms with Gasteiger partial charge in [0.2, 0.25) is 4.96 Å². The fourth-order valence-corrected chi connectivity index (χ4v) is 4.28. The molecule has 0 fully saturated rings. The van der Waals surface area contributed by atoms with Gasteiger partial charge in [-0.1, -0.05) is 68.7 Å². The molecule has 4 rings (SSSR count). The third kappa shape index (κ3) is 5.02. The van der Waals surface area contributed by atoms with Gasteiger partial charge in [0.15, 0.2) is 5.82 Å². The molecule has 0 spiro atoms. The third-order valence-corrected chi connectivity index (χ3v) is 6.21. The summed E-state index contributed by atoms with van der Waals surface area (Å²) in [5.41, 5.74) is 3.02. The van der Waals surface area contributed by atoms with Crippen LogP contribution in [0.15, 0.2) is 53.3 Å².